The number of benzene rings is 2. The SMILES string of the molecule is COc1ccc(OC)c(/C=N/OCC(=O)Nc2cccc(S(=O)(=O)N3CCOCC3)c2)c1. The number of carbonyl (C=O) groups is 1. The van der Waals surface area contributed by atoms with Crippen molar-refractivity contribution in [2.24, 2.45) is 5.16 Å². The number of hydrogen-bond acceptors (Lipinski definition) is 8. The molecule has 2 aromatic rings. The highest BCUT2D eigenvalue weighted by atomic mass is 32.2. The highest BCUT2D eigenvalue weighted by Gasteiger charge is 2.26. The maximum atomic E-state index is 12.8. The molecule has 0 unspecified atom stereocenters. The van der Waals surface area contributed by atoms with Crippen LogP contribution in [-0.2, 0) is 24.4 Å². The number of oxime groups is 1. The molecule has 1 aliphatic rings. The molecule has 1 amide bonds. The Bertz CT molecular complexity index is 1070. The Labute approximate surface area is 186 Å². The molecule has 0 saturated carbocycles. The maximum Gasteiger partial charge on any atom is 0.265 e. The quantitative estimate of drug-likeness (QED) is 0.445. The van der Waals surface area contributed by atoms with Gasteiger partial charge in [0.2, 0.25) is 10.0 Å². The molecule has 0 aromatic heterocycles. The Kier molecular flexibility index (Phi) is 8.03. The predicted octanol–water partition coefficient (Wildman–Crippen LogP) is 1.71. The summed E-state index contributed by atoms with van der Waals surface area (Å²) in [4.78, 5) is 17.3. The lowest BCUT2D eigenvalue weighted by atomic mass is 10.2. The molecular weight excluding hydrogens is 438 g/mol. The van der Waals surface area contributed by atoms with Crippen molar-refractivity contribution in [3.63, 3.8) is 0 Å². The van der Waals surface area contributed by atoms with Crippen molar-refractivity contribution in [1.82, 2.24) is 4.31 Å². The van der Waals surface area contributed by atoms with Crippen molar-refractivity contribution in [2.75, 3.05) is 52.4 Å². The van der Waals surface area contributed by atoms with Crippen LogP contribution < -0.4 is 14.8 Å². The van der Waals surface area contributed by atoms with E-state index in [-0.39, 0.29) is 11.5 Å². The van der Waals surface area contributed by atoms with Gasteiger partial charge in [-0.3, -0.25) is 4.79 Å². The van der Waals surface area contributed by atoms with Gasteiger partial charge in [0.1, 0.15) is 11.5 Å². The van der Waals surface area contributed by atoms with Gasteiger partial charge in [-0.15, -0.1) is 0 Å². The number of nitrogens with one attached hydrogen (secondary N) is 1. The Morgan fingerprint density at radius 2 is 1.94 bits per heavy atom. The third-order valence-electron chi connectivity index (χ3n) is 4.62. The Morgan fingerprint density at radius 1 is 1.16 bits per heavy atom. The lowest BCUT2D eigenvalue weighted by molar-refractivity contribution is -0.120. The topological polar surface area (TPSA) is 116 Å². The first kappa shape index (κ1) is 23.5. The molecule has 0 atom stereocenters. The van der Waals surface area contributed by atoms with Crippen LogP contribution in [0, 0.1) is 0 Å². The van der Waals surface area contributed by atoms with E-state index in [1.54, 1.807) is 37.4 Å². The molecule has 1 N–H and O–H groups in total. The van der Waals surface area contributed by atoms with E-state index in [1.807, 2.05) is 0 Å². The van der Waals surface area contributed by atoms with Crippen molar-refractivity contribution in [2.45, 2.75) is 4.90 Å². The summed E-state index contributed by atoms with van der Waals surface area (Å²) in [6.45, 7) is 0.944. The summed E-state index contributed by atoms with van der Waals surface area (Å²) in [7, 11) is -0.584. The number of sulfonamides is 1. The first-order valence-corrected chi connectivity index (χ1v) is 11.2. The van der Waals surface area contributed by atoms with E-state index in [0.717, 1.165) is 0 Å². The van der Waals surface area contributed by atoms with Crippen LogP contribution in [0.5, 0.6) is 11.5 Å². The second kappa shape index (κ2) is 10.9. The van der Waals surface area contributed by atoms with Gasteiger partial charge in [0.05, 0.1) is 38.5 Å². The third kappa shape index (κ3) is 5.96. The Hall–Kier alpha value is -3.15. The molecule has 1 fully saturated rings. The number of carbonyl (C=O) groups excluding carboxylic acids is 1. The average Bonchev–Trinajstić information content (AvgIpc) is 2.82. The van der Waals surface area contributed by atoms with Crippen LogP contribution in [0.25, 0.3) is 0 Å². The normalized spacial score (nSPS) is 14.8. The number of nitrogens with zero attached hydrogens (tertiary/aromatic N) is 2. The van der Waals surface area contributed by atoms with Crippen LogP contribution >= 0.6 is 0 Å². The van der Waals surface area contributed by atoms with Gasteiger partial charge in [0.25, 0.3) is 5.91 Å². The van der Waals surface area contributed by atoms with Gasteiger partial charge < -0.3 is 24.4 Å². The summed E-state index contributed by atoms with van der Waals surface area (Å²) in [6.07, 6.45) is 1.41. The fourth-order valence-electron chi connectivity index (χ4n) is 3.00. The van der Waals surface area contributed by atoms with Crippen LogP contribution in [0.2, 0.25) is 0 Å². The molecule has 0 bridgehead atoms. The van der Waals surface area contributed by atoms with Crippen LogP contribution in [0.4, 0.5) is 5.69 Å². The zero-order valence-corrected chi connectivity index (χ0v) is 18.6. The number of rotatable bonds is 9. The first-order chi connectivity index (χ1) is 15.4. The van der Waals surface area contributed by atoms with Crippen LogP contribution in [-0.4, -0.2) is 72.0 Å². The van der Waals surface area contributed by atoms with E-state index in [4.69, 9.17) is 19.0 Å². The molecule has 2 aromatic carbocycles. The van der Waals surface area contributed by atoms with Gasteiger partial charge in [-0.1, -0.05) is 11.2 Å². The number of hydrogen-bond donors (Lipinski definition) is 1. The van der Waals surface area contributed by atoms with Crippen molar-refractivity contribution in [1.29, 1.82) is 0 Å². The summed E-state index contributed by atoms with van der Waals surface area (Å²) in [6, 6.07) is 11.3. The van der Waals surface area contributed by atoms with E-state index in [2.05, 4.69) is 10.5 Å². The Morgan fingerprint density at radius 3 is 2.66 bits per heavy atom. The van der Waals surface area contributed by atoms with Crippen molar-refractivity contribution in [3.8, 4) is 11.5 Å². The predicted molar refractivity (Wildman–Crippen MR) is 118 cm³/mol. The van der Waals surface area contributed by atoms with Crippen molar-refractivity contribution >= 4 is 27.8 Å². The maximum absolute atomic E-state index is 12.8. The van der Waals surface area contributed by atoms with Gasteiger partial charge >= 0.3 is 0 Å². The zero-order valence-electron chi connectivity index (χ0n) is 17.8. The average molecular weight is 464 g/mol. The summed E-state index contributed by atoms with van der Waals surface area (Å²) in [5, 5.41) is 6.40. The molecular formula is C21H25N3O7S. The van der Waals surface area contributed by atoms with E-state index in [9.17, 15) is 13.2 Å². The lowest BCUT2D eigenvalue weighted by Gasteiger charge is -2.26. The van der Waals surface area contributed by atoms with Crippen molar-refractivity contribution in [3.05, 3.63) is 48.0 Å². The monoisotopic (exact) mass is 463 g/mol. The smallest absolute Gasteiger partial charge is 0.265 e. The summed E-state index contributed by atoms with van der Waals surface area (Å²) >= 11 is 0. The summed E-state index contributed by atoms with van der Waals surface area (Å²) < 4.78 is 42.5. The number of ether oxygens (including phenoxy) is 3. The standard InChI is InChI=1S/C21H25N3O7S/c1-28-18-6-7-20(29-2)16(12-18)14-22-31-15-21(25)23-17-4-3-5-19(13-17)32(26,27)24-8-10-30-11-9-24/h3-7,12-14H,8-11,15H2,1-2H3,(H,23,25)/b22-14+. The zero-order chi connectivity index (χ0) is 23.0. The third-order valence-corrected chi connectivity index (χ3v) is 6.52. The van der Waals surface area contributed by atoms with Gasteiger partial charge in [-0.05, 0) is 36.4 Å². The molecule has 1 aliphatic heterocycles. The fourth-order valence-corrected chi connectivity index (χ4v) is 4.45. The molecule has 0 spiro atoms. The second-order valence-corrected chi connectivity index (χ2v) is 8.65. The fraction of sp³-hybridized carbons (Fsp3) is 0.333. The molecule has 1 heterocycles. The van der Waals surface area contributed by atoms with Gasteiger partial charge in [0.15, 0.2) is 6.61 Å². The highest BCUT2D eigenvalue weighted by Crippen LogP contribution is 2.22. The highest BCUT2D eigenvalue weighted by molar-refractivity contribution is 7.89. The first-order valence-electron chi connectivity index (χ1n) is 9.79. The lowest BCUT2D eigenvalue weighted by Crippen LogP contribution is -2.40. The minimum Gasteiger partial charge on any atom is -0.497 e. The van der Waals surface area contributed by atoms with Crippen LogP contribution in [0.3, 0.4) is 0 Å². The number of morpholine rings is 1. The molecule has 172 valence electrons. The Balaban J connectivity index is 1.58. The minimum absolute atomic E-state index is 0.0984. The van der Waals surface area contributed by atoms with Gasteiger partial charge in [0, 0.05) is 24.3 Å². The minimum atomic E-state index is -3.66. The van der Waals surface area contributed by atoms with Crippen LogP contribution in [0.15, 0.2) is 52.5 Å². The van der Waals surface area contributed by atoms with Crippen molar-refractivity contribution < 1.29 is 32.3 Å². The summed E-state index contributed by atoms with van der Waals surface area (Å²) in [5.41, 5.74) is 0.958. The molecule has 32 heavy (non-hydrogen) atoms. The second-order valence-electron chi connectivity index (χ2n) is 6.71. The molecule has 0 radical (unpaired) electrons. The molecule has 0 aliphatic carbocycles. The summed E-state index contributed by atoms with van der Waals surface area (Å²) in [5.74, 6) is 0.707. The van der Waals surface area contributed by atoms with E-state index < -0.39 is 15.9 Å². The number of amides is 1. The van der Waals surface area contributed by atoms with Gasteiger partial charge in [-0.25, -0.2) is 8.42 Å². The number of anilines is 1. The molecule has 3 rings (SSSR count). The largest absolute Gasteiger partial charge is 0.497 e. The van der Waals surface area contributed by atoms with E-state index in [1.165, 1.54) is 29.8 Å². The van der Waals surface area contributed by atoms with Gasteiger partial charge in [-0.2, -0.15) is 4.31 Å². The van der Waals surface area contributed by atoms with E-state index in [0.29, 0.717) is 49.1 Å². The molecule has 11 heteroatoms. The molecule has 1 saturated heterocycles. The van der Waals surface area contributed by atoms with Crippen LogP contribution in [0.1, 0.15) is 5.56 Å². The number of methoxy groups -OCH3 is 2. The molecule has 10 nitrogen and oxygen atoms in total. The van der Waals surface area contributed by atoms with E-state index >= 15 is 0 Å².